The van der Waals surface area contributed by atoms with Gasteiger partial charge in [0.1, 0.15) is 0 Å². The average Bonchev–Trinajstić information content (AvgIpc) is 2.97. The van der Waals surface area contributed by atoms with Gasteiger partial charge in [-0.25, -0.2) is 9.97 Å². The molecule has 3 heterocycles. The summed E-state index contributed by atoms with van der Waals surface area (Å²) in [5.74, 6) is 1.36. The van der Waals surface area contributed by atoms with E-state index in [1.165, 1.54) is 5.56 Å². The number of piperidine rings is 1. The summed E-state index contributed by atoms with van der Waals surface area (Å²) in [5.41, 5.74) is 1.76. The van der Waals surface area contributed by atoms with E-state index >= 15 is 0 Å². The number of carbonyl (C=O) groups excluding carboxylic acids is 1. The second-order valence-electron chi connectivity index (χ2n) is 7.02. The van der Waals surface area contributed by atoms with E-state index < -0.39 is 0 Å². The van der Waals surface area contributed by atoms with E-state index in [0.29, 0.717) is 17.4 Å². The van der Waals surface area contributed by atoms with Gasteiger partial charge in [-0.3, -0.25) is 4.79 Å². The fraction of sp³-hybridized carbons (Fsp3) is 0.381. The standard InChI is InChI=1S/C21H27N5O/c1-4-5-20-16(2)25(3)14-19(20)13-22-10-17-6-8-26(9-7-17)21-23-11-18(15-27)12-24-21/h4-5,11-12,14-15,17,22H,1-2,6-10,13H2,3H3/b20-5+. The molecular formula is C21H27N5O. The van der Waals surface area contributed by atoms with E-state index in [-0.39, 0.29) is 0 Å². The Kier molecular flexibility index (Phi) is 6.19. The summed E-state index contributed by atoms with van der Waals surface area (Å²) < 4.78 is 2.06. The first-order valence-electron chi connectivity index (χ1n) is 9.31. The topological polar surface area (TPSA) is 63.1 Å². The smallest absolute Gasteiger partial charge is 0.225 e. The highest BCUT2D eigenvalue weighted by Crippen LogP contribution is 2.19. The van der Waals surface area contributed by atoms with Gasteiger partial charge in [0, 0.05) is 55.8 Å². The molecule has 1 aliphatic rings. The van der Waals surface area contributed by atoms with Crippen molar-refractivity contribution in [3.05, 3.63) is 52.9 Å². The number of aryl methyl sites for hydroxylation is 1. The molecule has 142 valence electrons. The Morgan fingerprint density at radius 1 is 1.30 bits per heavy atom. The first-order chi connectivity index (χ1) is 13.1. The van der Waals surface area contributed by atoms with Crippen LogP contribution in [0.2, 0.25) is 0 Å². The molecule has 2 aromatic heterocycles. The normalized spacial score (nSPS) is 15.9. The maximum Gasteiger partial charge on any atom is 0.225 e. The van der Waals surface area contributed by atoms with Gasteiger partial charge in [0.05, 0.1) is 5.56 Å². The Balaban J connectivity index is 1.49. The Hall–Kier alpha value is -2.73. The molecule has 27 heavy (non-hydrogen) atoms. The minimum Gasteiger partial charge on any atom is -0.351 e. The highest BCUT2D eigenvalue weighted by atomic mass is 16.1. The van der Waals surface area contributed by atoms with E-state index in [0.717, 1.165) is 55.9 Å². The van der Waals surface area contributed by atoms with Crippen LogP contribution in [0.3, 0.4) is 0 Å². The fourth-order valence-corrected chi connectivity index (χ4v) is 3.52. The number of hydrogen-bond donors (Lipinski definition) is 1. The lowest BCUT2D eigenvalue weighted by Gasteiger charge is -2.32. The number of aromatic nitrogens is 3. The Bertz CT molecular complexity index is 892. The summed E-state index contributed by atoms with van der Waals surface area (Å²) in [6.45, 7) is 11.6. The van der Waals surface area contributed by atoms with Crippen molar-refractivity contribution >= 4 is 24.9 Å². The van der Waals surface area contributed by atoms with Gasteiger partial charge in [-0.2, -0.15) is 0 Å². The van der Waals surface area contributed by atoms with Crippen LogP contribution in [0.4, 0.5) is 5.95 Å². The highest BCUT2D eigenvalue weighted by Gasteiger charge is 2.20. The van der Waals surface area contributed by atoms with Crippen LogP contribution >= 0.6 is 0 Å². The maximum atomic E-state index is 10.7. The molecule has 1 fully saturated rings. The molecule has 1 saturated heterocycles. The van der Waals surface area contributed by atoms with Crippen molar-refractivity contribution in [1.82, 2.24) is 19.9 Å². The molecule has 6 nitrogen and oxygen atoms in total. The molecule has 0 spiro atoms. The molecule has 2 aromatic rings. The Morgan fingerprint density at radius 2 is 2.00 bits per heavy atom. The van der Waals surface area contributed by atoms with Gasteiger partial charge in [-0.1, -0.05) is 25.3 Å². The molecule has 6 heteroatoms. The summed E-state index contributed by atoms with van der Waals surface area (Å²) in [7, 11) is 2.02. The molecule has 0 radical (unpaired) electrons. The third kappa shape index (κ3) is 4.52. The Morgan fingerprint density at radius 3 is 2.63 bits per heavy atom. The van der Waals surface area contributed by atoms with Crippen molar-refractivity contribution in [3.63, 3.8) is 0 Å². The van der Waals surface area contributed by atoms with Crippen LogP contribution in [0.25, 0.3) is 12.7 Å². The first-order valence-corrected chi connectivity index (χ1v) is 9.31. The van der Waals surface area contributed by atoms with Crippen LogP contribution in [0.5, 0.6) is 0 Å². The quantitative estimate of drug-likeness (QED) is 0.742. The Labute approximate surface area is 159 Å². The van der Waals surface area contributed by atoms with Crippen molar-refractivity contribution < 1.29 is 4.79 Å². The predicted molar refractivity (Wildman–Crippen MR) is 109 cm³/mol. The fourth-order valence-electron chi connectivity index (χ4n) is 3.52. The van der Waals surface area contributed by atoms with Crippen molar-refractivity contribution in [1.29, 1.82) is 0 Å². The van der Waals surface area contributed by atoms with Gasteiger partial charge >= 0.3 is 0 Å². The van der Waals surface area contributed by atoms with Gasteiger partial charge in [0.15, 0.2) is 6.29 Å². The number of anilines is 1. The molecule has 0 aliphatic carbocycles. The SMILES string of the molecule is C=C/C=c1/c(CNCC2CCN(c3ncc(C=O)cn3)CC2)cn(C)c1=C. The van der Waals surface area contributed by atoms with Crippen LogP contribution in [0, 0.1) is 5.92 Å². The van der Waals surface area contributed by atoms with Crippen LogP contribution in [0.15, 0.2) is 31.2 Å². The predicted octanol–water partition coefficient (Wildman–Crippen LogP) is 1.01. The number of nitrogens with zero attached hydrogens (tertiary/aromatic N) is 4. The summed E-state index contributed by atoms with van der Waals surface area (Å²) in [6.07, 6.45) is 12.1. The van der Waals surface area contributed by atoms with E-state index in [2.05, 4.69) is 44.1 Å². The van der Waals surface area contributed by atoms with Gasteiger partial charge in [0.25, 0.3) is 0 Å². The highest BCUT2D eigenvalue weighted by molar-refractivity contribution is 5.73. The lowest BCUT2D eigenvalue weighted by Crippen LogP contribution is -2.38. The minimum absolute atomic E-state index is 0.511. The molecule has 0 unspecified atom stereocenters. The third-order valence-corrected chi connectivity index (χ3v) is 5.16. The van der Waals surface area contributed by atoms with Crippen LogP contribution in [-0.2, 0) is 13.6 Å². The number of hydrogen-bond acceptors (Lipinski definition) is 5. The number of allylic oxidation sites excluding steroid dienone is 1. The van der Waals surface area contributed by atoms with Crippen molar-refractivity contribution in [2.24, 2.45) is 13.0 Å². The average molecular weight is 365 g/mol. The number of aldehydes is 1. The van der Waals surface area contributed by atoms with Crippen molar-refractivity contribution in [2.45, 2.75) is 19.4 Å². The van der Waals surface area contributed by atoms with Crippen LogP contribution in [0.1, 0.15) is 28.8 Å². The largest absolute Gasteiger partial charge is 0.351 e. The molecule has 0 aromatic carbocycles. The van der Waals surface area contributed by atoms with E-state index in [4.69, 9.17) is 0 Å². The molecule has 1 N–H and O–H groups in total. The molecule has 0 atom stereocenters. The maximum absolute atomic E-state index is 10.7. The third-order valence-electron chi connectivity index (χ3n) is 5.16. The molecular weight excluding hydrogens is 338 g/mol. The van der Waals surface area contributed by atoms with Gasteiger partial charge in [0.2, 0.25) is 5.95 Å². The molecule has 1 aliphatic heterocycles. The summed E-state index contributed by atoms with van der Waals surface area (Å²) in [6, 6.07) is 0. The molecule has 0 amide bonds. The zero-order valence-electron chi connectivity index (χ0n) is 15.9. The number of carbonyl (C=O) groups is 1. The summed E-state index contributed by atoms with van der Waals surface area (Å²) in [5, 5.41) is 5.77. The first kappa shape index (κ1) is 19.0. The van der Waals surface area contributed by atoms with E-state index in [1.807, 2.05) is 19.2 Å². The van der Waals surface area contributed by atoms with Crippen LogP contribution < -0.4 is 20.8 Å². The van der Waals surface area contributed by atoms with Crippen molar-refractivity contribution in [3.8, 4) is 0 Å². The van der Waals surface area contributed by atoms with E-state index in [9.17, 15) is 4.79 Å². The van der Waals surface area contributed by atoms with Crippen molar-refractivity contribution in [2.75, 3.05) is 24.5 Å². The number of rotatable bonds is 7. The zero-order valence-corrected chi connectivity index (χ0v) is 15.9. The van der Waals surface area contributed by atoms with Gasteiger partial charge < -0.3 is 14.8 Å². The summed E-state index contributed by atoms with van der Waals surface area (Å²) >= 11 is 0. The summed E-state index contributed by atoms with van der Waals surface area (Å²) in [4.78, 5) is 21.5. The minimum atomic E-state index is 0.511. The second-order valence-corrected chi connectivity index (χ2v) is 7.02. The molecule has 3 rings (SSSR count). The monoisotopic (exact) mass is 365 g/mol. The molecule has 0 bridgehead atoms. The van der Waals surface area contributed by atoms with Crippen LogP contribution in [-0.4, -0.2) is 40.5 Å². The second kappa shape index (κ2) is 8.77. The van der Waals surface area contributed by atoms with Gasteiger partial charge in [-0.05, 0) is 30.9 Å². The lowest BCUT2D eigenvalue weighted by atomic mass is 9.97. The van der Waals surface area contributed by atoms with E-state index in [1.54, 1.807) is 12.4 Å². The molecule has 0 saturated carbocycles. The zero-order chi connectivity index (χ0) is 19.2. The lowest BCUT2D eigenvalue weighted by molar-refractivity contribution is 0.112. The number of nitrogens with one attached hydrogen (secondary N) is 1. The van der Waals surface area contributed by atoms with Gasteiger partial charge in [-0.15, -0.1) is 0 Å².